The number of carbonyl (C=O) groups excluding carboxylic acids is 1. The molecule has 1 aromatic carbocycles. The molecular formula is C13H18F2OSi. The first-order valence-electron chi connectivity index (χ1n) is 5.69. The predicted molar refractivity (Wildman–Crippen MR) is 68.2 cm³/mol. The fourth-order valence-electron chi connectivity index (χ4n) is 1.67. The van der Waals surface area contributed by atoms with Crippen LogP contribution in [0.2, 0.25) is 25.7 Å². The molecule has 0 aliphatic heterocycles. The van der Waals surface area contributed by atoms with Gasteiger partial charge in [0.05, 0.1) is 0 Å². The van der Waals surface area contributed by atoms with Gasteiger partial charge >= 0.3 is 0 Å². The molecule has 0 atom stereocenters. The monoisotopic (exact) mass is 256 g/mol. The highest BCUT2D eigenvalue weighted by molar-refractivity contribution is 6.76. The molecule has 1 nitrogen and oxygen atoms in total. The van der Waals surface area contributed by atoms with Crippen LogP contribution in [0.15, 0.2) is 12.1 Å². The summed E-state index contributed by atoms with van der Waals surface area (Å²) in [6.07, 6.45) is 0.511. The Balaban J connectivity index is 3.09. The molecule has 0 unspecified atom stereocenters. The Labute approximate surface area is 102 Å². The van der Waals surface area contributed by atoms with Gasteiger partial charge in [-0.3, -0.25) is 4.79 Å². The van der Waals surface area contributed by atoms with Gasteiger partial charge in [-0.25, -0.2) is 8.78 Å². The van der Waals surface area contributed by atoms with Gasteiger partial charge in [0.1, 0.15) is 11.6 Å². The molecule has 0 heterocycles. The molecule has 0 radical (unpaired) electrons. The summed E-state index contributed by atoms with van der Waals surface area (Å²) < 4.78 is 26.7. The van der Waals surface area contributed by atoms with E-state index in [4.69, 9.17) is 0 Å². The van der Waals surface area contributed by atoms with Crippen molar-refractivity contribution >= 4 is 13.9 Å². The van der Waals surface area contributed by atoms with Gasteiger partial charge in [0.15, 0.2) is 5.78 Å². The first-order chi connectivity index (χ1) is 7.70. The maximum absolute atomic E-state index is 13.7. The van der Waals surface area contributed by atoms with Gasteiger partial charge in [-0.2, -0.15) is 0 Å². The van der Waals surface area contributed by atoms with Gasteiger partial charge in [0.25, 0.3) is 0 Å². The molecule has 0 amide bonds. The topological polar surface area (TPSA) is 17.1 Å². The lowest BCUT2D eigenvalue weighted by molar-refractivity contribution is 0.101. The van der Waals surface area contributed by atoms with Crippen molar-refractivity contribution in [3.63, 3.8) is 0 Å². The fourth-order valence-corrected chi connectivity index (χ4v) is 2.67. The second-order valence-corrected chi connectivity index (χ2v) is 11.2. The number of ketones is 1. The summed E-state index contributed by atoms with van der Waals surface area (Å²) in [6, 6.07) is 2.87. The fraction of sp³-hybridized carbons (Fsp3) is 0.462. The van der Waals surface area contributed by atoms with Gasteiger partial charge in [-0.1, -0.05) is 25.7 Å². The summed E-state index contributed by atoms with van der Waals surface area (Å²) in [4.78, 5) is 11.4. The Kier molecular flexibility index (Phi) is 4.19. The highest BCUT2D eigenvalue weighted by Crippen LogP contribution is 2.21. The number of Topliss-reactive ketones (excluding diaryl/α,β-unsaturated/α-hetero) is 1. The van der Waals surface area contributed by atoms with E-state index in [9.17, 15) is 13.6 Å². The minimum absolute atomic E-state index is 0.181. The summed E-state index contributed by atoms with van der Waals surface area (Å²) >= 11 is 0. The van der Waals surface area contributed by atoms with Crippen molar-refractivity contribution in [3.05, 3.63) is 34.9 Å². The molecule has 1 rings (SSSR count). The molecule has 1 aromatic rings. The Morgan fingerprint density at radius 1 is 1.24 bits per heavy atom. The predicted octanol–water partition coefficient (Wildman–Crippen LogP) is 4.05. The zero-order valence-electron chi connectivity index (χ0n) is 10.7. The van der Waals surface area contributed by atoms with E-state index < -0.39 is 19.7 Å². The molecule has 0 aliphatic rings. The van der Waals surface area contributed by atoms with Crippen molar-refractivity contribution < 1.29 is 13.6 Å². The summed E-state index contributed by atoms with van der Waals surface area (Å²) in [7, 11) is -1.31. The number of hydrogen-bond donors (Lipinski definition) is 0. The molecule has 0 spiro atoms. The Morgan fingerprint density at radius 2 is 1.82 bits per heavy atom. The number of benzene rings is 1. The van der Waals surface area contributed by atoms with E-state index in [0.717, 1.165) is 18.2 Å². The van der Waals surface area contributed by atoms with Crippen LogP contribution >= 0.6 is 0 Å². The maximum Gasteiger partial charge on any atom is 0.160 e. The third-order valence-corrected chi connectivity index (χ3v) is 4.41. The molecule has 0 fully saturated rings. The van der Waals surface area contributed by atoms with Crippen LogP contribution < -0.4 is 0 Å². The number of carbonyl (C=O) groups is 1. The Hall–Kier alpha value is -1.03. The molecule has 17 heavy (non-hydrogen) atoms. The van der Waals surface area contributed by atoms with E-state index in [2.05, 4.69) is 19.6 Å². The van der Waals surface area contributed by atoms with Crippen molar-refractivity contribution in [1.29, 1.82) is 0 Å². The van der Waals surface area contributed by atoms with Crippen LogP contribution in [0.5, 0.6) is 0 Å². The molecule has 0 bridgehead atoms. The lowest BCUT2D eigenvalue weighted by atomic mass is 10.0. The molecule has 0 aliphatic carbocycles. The minimum atomic E-state index is -1.31. The van der Waals surface area contributed by atoms with Crippen LogP contribution in [0.1, 0.15) is 22.8 Å². The van der Waals surface area contributed by atoms with E-state index in [1.165, 1.54) is 6.92 Å². The normalized spacial score (nSPS) is 11.6. The number of hydrogen-bond acceptors (Lipinski definition) is 1. The van der Waals surface area contributed by atoms with Gasteiger partial charge < -0.3 is 0 Å². The smallest absolute Gasteiger partial charge is 0.160 e. The van der Waals surface area contributed by atoms with Crippen LogP contribution in [0.4, 0.5) is 8.78 Å². The van der Waals surface area contributed by atoms with E-state index in [-0.39, 0.29) is 11.3 Å². The zero-order chi connectivity index (χ0) is 13.2. The third kappa shape index (κ3) is 4.04. The standard InChI is InChI=1S/C13H18F2OSi/c1-9(16)12-7-10(14)8-13(15)11(12)5-6-17(2,3)4/h7-8H,5-6H2,1-4H3. The van der Waals surface area contributed by atoms with E-state index in [1.54, 1.807) is 0 Å². The van der Waals surface area contributed by atoms with Gasteiger partial charge in [0.2, 0.25) is 0 Å². The second kappa shape index (κ2) is 5.08. The highest BCUT2D eigenvalue weighted by Gasteiger charge is 2.18. The van der Waals surface area contributed by atoms with Crippen molar-refractivity contribution in [2.24, 2.45) is 0 Å². The van der Waals surface area contributed by atoms with Crippen LogP contribution in [0, 0.1) is 11.6 Å². The molecule has 0 N–H and O–H groups in total. The lowest BCUT2D eigenvalue weighted by Gasteiger charge is -2.17. The quantitative estimate of drug-likeness (QED) is 0.587. The number of rotatable bonds is 4. The van der Waals surface area contributed by atoms with Crippen molar-refractivity contribution in [3.8, 4) is 0 Å². The molecule has 0 saturated heterocycles. The zero-order valence-corrected chi connectivity index (χ0v) is 11.7. The van der Waals surface area contributed by atoms with E-state index >= 15 is 0 Å². The molecule has 4 heteroatoms. The van der Waals surface area contributed by atoms with Crippen LogP contribution in [-0.2, 0) is 6.42 Å². The average Bonchev–Trinajstić information content (AvgIpc) is 2.13. The summed E-state index contributed by atoms with van der Waals surface area (Å²) in [6.45, 7) is 7.89. The highest BCUT2D eigenvalue weighted by atomic mass is 28.3. The first-order valence-corrected chi connectivity index (χ1v) is 9.40. The summed E-state index contributed by atoms with van der Waals surface area (Å²) in [5, 5.41) is 0. The van der Waals surface area contributed by atoms with E-state index in [0.29, 0.717) is 12.0 Å². The van der Waals surface area contributed by atoms with Crippen LogP contribution in [0.3, 0.4) is 0 Å². The molecule has 0 saturated carbocycles. The maximum atomic E-state index is 13.7. The molecule has 94 valence electrons. The largest absolute Gasteiger partial charge is 0.294 e. The van der Waals surface area contributed by atoms with Crippen LogP contribution in [0.25, 0.3) is 0 Å². The SMILES string of the molecule is CC(=O)c1cc(F)cc(F)c1CC[Si](C)(C)C. The lowest BCUT2D eigenvalue weighted by Crippen LogP contribution is -2.21. The molecule has 0 aromatic heterocycles. The van der Waals surface area contributed by atoms with Gasteiger partial charge in [-0.05, 0) is 25.0 Å². The minimum Gasteiger partial charge on any atom is -0.294 e. The van der Waals surface area contributed by atoms with Gasteiger partial charge in [-0.15, -0.1) is 0 Å². The van der Waals surface area contributed by atoms with Crippen molar-refractivity contribution in [2.75, 3.05) is 0 Å². The van der Waals surface area contributed by atoms with Crippen molar-refractivity contribution in [2.45, 2.75) is 39.0 Å². The van der Waals surface area contributed by atoms with E-state index in [1.807, 2.05) is 0 Å². The second-order valence-electron chi connectivity index (χ2n) is 5.53. The Morgan fingerprint density at radius 3 is 2.29 bits per heavy atom. The summed E-state index contributed by atoms with van der Waals surface area (Å²) in [5.74, 6) is -1.58. The average molecular weight is 256 g/mol. The van der Waals surface area contributed by atoms with Crippen LogP contribution in [-0.4, -0.2) is 13.9 Å². The molecular weight excluding hydrogens is 238 g/mol. The summed E-state index contributed by atoms with van der Waals surface area (Å²) in [5.41, 5.74) is 0.544. The van der Waals surface area contributed by atoms with Crippen molar-refractivity contribution in [1.82, 2.24) is 0 Å². The third-order valence-electron chi connectivity index (χ3n) is 2.66. The Bertz CT molecular complexity index is 436. The van der Waals surface area contributed by atoms with Gasteiger partial charge in [0, 0.05) is 19.7 Å². The number of halogens is 2. The first kappa shape index (κ1) is 14.0.